The smallest absolute Gasteiger partial charge is 0.366 e. The van der Waals surface area contributed by atoms with Crippen LogP contribution in [0, 0.1) is 11.8 Å². The van der Waals surface area contributed by atoms with E-state index >= 15 is 0 Å². The molecule has 1 aliphatic heterocycles. The molecule has 1 atom stereocenters. The number of carbonyl (C=O) groups excluding carboxylic acids is 1. The third kappa shape index (κ3) is 3.41. The number of aliphatic hydroxyl groups is 1. The first kappa shape index (κ1) is 19.2. The van der Waals surface area contributed by atoms with Gasteiger partial charge in [-0.3, -0.25) is 4.79 Å². The van der Waals surface area contributed by atoms with Gasteiger partial charge in [-0.05, 0) is 29.0 Å². The molecule has 0 spiro atoms. The molecule has 0 aliphatic carbocycles. The molecule has 146 valence electrons. The summed E-state index contributed by atoms with van der Waals surface area (Å²) in [6.07, 6.45) is -4.69. The average Bonchev–Trinajstić information content (AvgIpc) is 3.29. The number of hydrogen-bond donors (Lipinski definition) is 1. The van der Waals surface area contributed by atoms with Gasteiger partial charge in [0.2, 0.25) is 5.60 Å². The van der Waals surface area contributed by atoms with Gasteiger partial charge < -0.3 is 10.0 Å². The van der Waals surface area contributed by atoms with Gasteiger partial charge in [0.05, 0.1) is 22.7 Å². The summed E-state index contributed by atoms with van der Waals surface area (Å²) in [6, 6.07) is 15.5. The van der Waals surface area contributed by atoms with Crippen LogP contribution in [0.25, 0.3) is 0 Å². The minimum absolute atomic E-state index is 0.108. The highest BCUT2D eigenvalue weighted by atomic mass is 32.1. The molecule has 3 nitrogen and oxygen atoms in total. The normalized spacial score (nSPS) is 18.3. The number of nitrogens with zero attached hydrogens (tertiary/aromatic N) is 1. The van der Waals surface area contributed by atoms with Crippen LogP contribution >= 0.6 is 11.3 Å². The molecule has 7 heteroatoms. The summed E-state index contributed by atoms with van der Waals surface area (Å²) in [5, 5.41) is 12.9. The molecule has 29 heavy (non-hydrogen) atoms. The topological polar surface area (TPSA) is 40.5 Å². The van der Waals surface area contributed by atoms with Crippen molar-refractivity contribution in [2.24, 2.45) is 0 Å². The summed E-state index contributed by atoms with van der Waals surface area (Å²) in [6.45, 7) is -0.108. The fourth-order valence-electron chi connectivity index (χ4n) is 3.31. The van der Waals surface area contributed by atoms with E-state index in [9.17, 15) is 23.1 Å². The second kappa shape index (κ2) is 7.07. The van der Waals surface area contributed by atoms with Crippen LogP contribution in [-0.4, -0.2) is 11.0 Å². The van der Waals surface area contributed by atoms with E-state index in [0.29, 0.717) is 10.4 Å². The van der Waals surface area contributed by atoms with E-state index in [-0.39, 0.29) is 17.8 Å². The number of anilines is 1. The molecule has 2 heterocycles. The maximum atomic E-state index is 13.7. The number of alkyl halides is 3. The zero-order valence-electron chi connectivity index (χ0n) is 14.9. The Morgan fingerprint density at radius 2 is 1.79 bits per heavy atom. The third-order valence-electron chi connectivity index (χ3n) is 4.63. The van der Waals surface area contributed by atoms with Gasteiger partial charge >= 0.3 is 6.18 Å². The zero-order valence-corrected chi connectivity index (χ0v) is 15.7. The summed E-state index contributed by atoms with van der Waals surface area (Å²) >= 11 is 1.31. The second-order valence-electron chi connectivity index (χ2n) is 6.51. The minimum atomic E-state index is -4.69. The van der Waals surface area contributed by atoms with Crippen molar-refractivity contribution in [3.63, 3.8) is 0 Å². The molecule has 0 fully saturated rings. The van der Waals surface area contributed by atoms with E-state index in [1.807, 2.05) is 0 Å². The van der Waals surface area contributed by atoms with Gasteiger partial charge in [0.15, 0.2) is 0 Å². The molecule has 0 saturated heterocycles. The first-order valence-corrected chi connectivity index (χ1v) is 9.54. The third-order valence-corrected chi connectivity index (χ3v) is 5.41. The van der Waals surface area contributed by atoms with Crippen molar-refractivity contribution in [2.75, 3.05) is 4.90 Å². The standard InChI is InChI=1S/C22H14F3NO2S/c23-22(24,25)18-10-4-9-17-19(18)26(14-15-6-2-1-3-7-15)20(27)21(17,28)12-11-16-8-5-13-29-16/h1-10,13,28H,14H2/t21-/m0/s1. The largest absolute Gasteiger partial charge is 0.418 e. The minimum Gasteiger partial charge on any atom is -0.366 e. The molecule has 3 aromatic rings. The van der Waals surface area contributed by atoms with Crippen LogP contribution in [0.3, 0.4) is 0 Å². The number of carbonyl (C=O) groups is 1. The highest BCUT2D eigenvalue weighted by molar-refractivity contribution is 7.10. The van der Waals surface area contributed by atoms with Crippen LogP contribution in [-0.2, 0) is 23.1 Å². The Kier molecular flexibility index (Phi) is 4.69. The molecule has 1 amide bonds. The van der Waals surface area contributed by atoms with Crippen molar-refractivity contribution in [2.45, 2.75) is 18.3 Å². The van der Waals surface area contributed by atoms with E-state index in [2.05, 4.69) is 11.8 Å². The van der Waals surface area contributed by atoms with Crippen molar-refractivity contribution < 1.29 is 23.1 Å². The number of thiophene rings is 1. The van der Waals surface area contributed by atoms with Gasteiger partial charge in [-0.25, -0.2) is 0 Å². The fourth-order valence-corrected chi connectivity index (χ4v) is 3.88. The van der Waals surface area contributed by atoms with E-state index in [1.165, 1.54) is 23.5 Å². The number of rotatable bonds is 2. The molecular formula is C22H14F3NO2S. The van der Waals surface area contributed by atoms with E-state index in [4.69, 9.17) is 0 Å². The van der Waals surface area contributed by atoms with E-state index in [1.54, 1.807) is 47.8 Å². The molecule has 0 saturated carbocycles. The quantitative estimate of drug-likeness (QED) is 0.626. The Labute approximate surface area is 169 Å². The first-order valence-electron chi connectivity index (χ1n) is 8.66. The van der Waals surface area contributed by atoms with Gasteiger partial charge in [-0.2, -0.15) is 13.2 Å². The Morgan fingerprint density at radius 3 is 2.45 bits per heavy atom. The Morgan fingerprint density at radius 1 is 1.03 bits per heavy atom. The molecule has 0 radical (unpaired) electrons. The van der Waals surface area contributed by atoms with Gasteiger partial charge in [0.1, 0.15) is 0 Å². The number of benzene rings is 2. The molecule has 2 aromatic carbocycles. The fraction of sp³-hybridized carbons (Fsp3) is 0.136. The second-order valence-corrected chi connectivity index (χ2v) is 7.46. The van der Waals surface area contributed by atoms with Crippen LogP contribution in [0.2, 0.25) is 0 Å². The lowest BCUT2D eigenvalue weighted by Crippen LogP contribution is -2.39. The summed E-state index contributed by atoms with van der Waals surface area (Å²) in [4.78, 5) is 14.7. The Hall–Kier alpha value is -3.08. The van der Waals surface area contributed by atoms with Crippen LogP contribution < -0.4 is 4.90 Å². The molecule has 0 unspecified atom stereocenters. The Bertz CT molecular complexity index is 1110. The summed E-state index contributed by atoms with van der Waals surface area (Å²) in [5.74, 6) is 4.34. The van der Waals surface area contributed by atoms with Crippen LogP contribution in [0.1, 0.15) is 21.6 Å². The van der Waals surface area contributed by atoms with Crippen molar-refractivity contribution in [3.8, 4) is 11.8 Å². The lowest BCUT2D eigenvalue weighted by molar-refractivity contribution is -0.137. The maximum Gasteiger partial charge on any atom is 0.418 e. The molecular weight excluding hydrogens is 399 g/mol. The summed E-state index contributed by atoms with van der Waals surface area (Å²) < 4.78 is 41.1. The van der Waals surface area contributed by atoms with Crippen molar-refractivity contribution in [1.29, 1.82) is 0 Å². The molecule has 1 aliphatic rings. The van der Waals surface area contributed by atoms with E-state index < -0.39 is 23.2 Å². The number of para-hydroxylation sites is 1. The Balaban J connectivity index is 1.88. The highest BCUT2D eigenvalue weighted by Crippen LogP contribution is 2.47. The summed E-state index contributed by atoms with van der Waals surface area (Å²) in [7, 11) is 0. The van der Waals surface area contributed by atoms with Gasteiger partial charge in [-0.1, -0.05) is 54.5 Å². The first-order chi connectivity index (χ1) is 13.8. The number of halogens is 3. The average molecular weight is 413 g/mol. The van der Waals surface area contributed by atoms with Crippen molar-refractivity contribution in [3.05, 3.63) is 87.6 Å². The summed E-state index contributed by atoms with van der Waals surface area (Å²) in [5.41, 5.74) is -3.20. The lowest BCUT2D eigenvalue weighted by Gasteiger charge is -2.21. The molecule has 1 aromatic heterocycles. The molecule has 4 rings (SSSR count). The van der Waals surface area contributed by atoms with Crippen LogP contribution in [0.5, 0.6) is 0 Å². The lowest BCUT2D eigenvalue weighted by atomic mass is 9.94. The SMILES string of the molecule is O=C1N(Cc2ccccc2)c2c(C(F)(F)F)cccc2[C@@]1(O)C#Cc1cccs1. The van der Waals surface area contributed by atoms with E-state index in [0.717, 1.165) is 11.0 Å². The highest BCUT2D eigenvalue weighted by Gasteiger charge is 2.52. The number of hydrogen-bond acceptors (Lipinski definition) is 3. The zero-order chi connectivity index (χ0) is 20.6. The van der Waals surface area contributed by atoms with Gasteiger partial charge in [-0.15, -0.1) is 11.3 Å². The van der Waals surface area contributed by atoms with Crippen molar-refractivity contribution >= 4 is 22.9 Å². The predicted octanol–water partition coefficient (Wildman–Crippen LogP) is 4.55. The van der Waals surface area contributed by atoms with Gasteiger partial charge in [0.25, 0.3) is 5.91 Å². The predicted molar refractivity (Wildman–Crippen MR) is 104 cm³/mol. The number of fused-ring (bicyclic) bond motifs is 1. The molecule has 1 N–H and O–H groups in total. The van der Waals surface area contributed by atoms with Crippen LogP contribution in [0.15, 0.2) is 66.0 Å². The molecule has 0 bridgehead atoms. The maximum absolute atomic E-state index is 13.7. The monoisotopic (exact) mass is 413 g/mol. The van der Waals surface area contributed by atoms with Gasteiger partial charge in [0, 0.05) is 5.56 Å². The number of amides is 1. The van der Waals surface area contributed by atoms with Crippen molar-refractivity contribution in [1.82, 2.24) is 0 Å². The van der Waals surface area contributed by atoms with Crippen LogP contribution in [0.4, 0.5) is 18.9 Å².